The summed E-state index contributed by atoms with van der Waals surface area (Å²) >= 11 is 1.12. The van der Waals surface area contributed by atoms with E-state index >= 15 is 0 Å². The second-order valence-corrected chi connectivity index (χ2v) is 7.22. The van der Waals surface area contributed by atoms with Gasteiger partial charge in [-0.05, 0) is 24.3 Å². The fraction of sp³-hybridized carbons (Fsp3) is 0.300. The van der Waals surface area contributed by atoms with Gasteiger partial charge >= 0.3 is 0 Å². The van der Waals surface area contributed by atoms with Crippen molar-refractivity contribution in [3.8, 4) is 0 Å². The molecule has 0 atom stereocenters. The first-order chi connectivity index (χ1) is 13.1. The summed E-state index contributed by atoms with van der Waals surface area (Å²) in [6, 6.07) is 16.4. The van der Waals surface area contributed by atoms with Crippen molar-refractivity contribution < 1.29 is 14.0 Å². The van der Waals surface area contributed by atoms with Gasteiger partial charge in [0.1, 0.15) is 5.82 Å². The molecule has 3 rings (SSSR count). The van der Waals surface area contributed by atoms with Crippen LogP contribution in [0, 0.1) is 5.82 Å². The maximum absolute atomic E-state index is 13.5. The first-order valence-corrected chi connectivity index (χ1v) is 9.84. The molecule has 0 aromatic heterocycles. The smallest absolute Gasteiger partial charge is 0.242 e. The molecule has 0 aliphatic carbocycles. The van der Waals surface area contributed by atoms with E-state index in [-0.39, 0.29) is 29.9 Å². The van der Waals surface area contributed by atoms with Gasteiger partial charge in [-0.15, -0.1) is 11.8 Å². The van der Waals surface area contributed by atoms with E-state index < -0.39 is 0 Å². The van der Waals surface area contributed by atoms with Crippen LogP contribution in [0.3, 0.4) is 0 Å². The third-order valence-corrected chi connectivity index (χ3v) is 5.43. The minimum atomic E-state index is -0.345. The second-order valence-electron chi connectivity index (χ2n) is 6.20. The maximum Gasteiger partial charge on any atom is 0.242 e. The summed E-state index contributed by atoms with van der Waals surface area (Å²) in [5.74, 6) is -0.634. The highest BCUT2D eigenvalue weighted by atomic mass is 32.2. The number of rotatable bonds is 6. The number of carbonyl (C=O) groups is 2. The predicted molar refractivity (Wildman–Crippen MR) is 105 cm³/mol. The molecule has 0 bridgehead atoms. The van der Waals surface area contributed by atoms with E-state index in [1.54, 1.807) is 23.1 Å². The van der Waals surface area contributed by atoms with Crippen molar-refractivity contribution in [3.63, 3.8) is 0 Å². The molecule has 2 amide bonds. The molecule has 2 aromatic rings. The van der Waals surface area contributed by atoms with Crippen LogP contribution in [0.5, 0.6) is 0 Å². The fourth-order valence-corrected chi connectivity index (χ4v) is 3.66. The van der Waals surface area contributed by atoms with E-state index in [9.17, 15) is 14.0 Å². The standard InChI is InChI=1S/C20H22FN3O2S/c21-17-8-4-5-9-18(17)27-15-19(25)22-14-20(26)24-12-10-23(11-13-24)16-6-2-1-3-7-16/h1-9H,10-15H2,(H,22,25). The molecule has 1 saturated heterocycles. The highest BCUT2D eigenvalue weighted by molar-refractivity contribution is 8.00. The largest absolute Gasteiger partial charge is 0.368 e. The van der Waals surface area contributed by atoms with E-state index in [4.69, 9.17) is 0 Å². The summed E-state index contributed by atoms with van der Waals surface area (Å²) in [7, 11) is 0. The Kier molecular flexibility index (Phi) is 6.70. The predicted octanol–water partition coefficient (Wildman–Crippen LogP) is 2.38. The Bertz CT molecular complexity index is 780. The first-order valence-electron chi connectivity index (χ1n) is 8.85. The summed E-state index contributed by atoms with van der Waals surface area (Å²) in [6.45, 7) is 2.78. The molecular weight excluding hydrogens is 365 g/mol. The van der Waals surface area contributed by atoms with Crippen molar-refractivity contribution >= 4 is 29.3 Å². The number of thioether (sulfide) groups is 1. The molecule has 7 heteroatoms. The highest BCUT2D eigenvalue weighted by Crippen LogP contribution is 2.20. The minimum Gasteiger partial charge on any atom is -0.368 e. The third-order valence-electron chi connectivity index (χ3n) is 4.39. The van der Waals surface area contributed by atoms with E-state index in [0.717, 1.165) is 30.5 Å². The zero-order chi connectivity index (χ0) is 19.1. The average Bonchev–Trinajstić information content (AvgIpc) is 2.72. The lowest BCUT2D eigenvalue weighted by Crippen LogP contribution is -2.51. The van der Waals surface area contributed by atoms with Crippen LogP contribution >= 0.6 is 11.8 Å². The minimum absolute atomic E-state index is 0.0258. The van der Waals surface area contributed by atoms with Gasteiger partial charge in [0.2, 0.25) is 11.8 Å². The monoisotopic (exact) mass is 387 g/mol. The summed E-state index contributed by atoms with van der Waals surface area (Å²) in [4.78, 5) is 28.7. The number of amides is 2. The van der Waals surface area contributed by atoms with Crippen LogP contribution in [0.4, 0.5) is 10.1 Å². The van der Waals surface area contributed by atoms with E-state index in [0.29, 0.717) is 18.0 Å². The Balaban J connectivity index is 1.38. The summed E-state index contributed by atoms with van der Waals surface area (Å²) in [5.41, 5.74) is 1.16. The molecule has 1 N–H and O–H groups in total. The Morgan fingerprint density at radius 1 is 0.963 bits per heavy atom. The number of benzene rings is 2. The molecule has 1 fully saturated rings. The number of carbonyl (C=O) groups excluding carboxylic acids is 2. The first kappa shape index (κ1) is 19.2. The van der Waals surface area contributed by atoms with Gasteiger partial charge in [0, 0.05) is 36.8 Å². The SMILES string of the molecule is O=C(CSc1ccccc1F)NCC(=O)N1CCN(c2ccccc2)CC1. The Morgan fingerprint density at radius 3 is 2.33 bits per heavy atom. The Morgan fingerprint density at radius 2 is 1.63 bits per heavy atom. The van der Waals surface area contributed by atoms with Crippen LogP contribution < -0.4 is 10.2 Å². The second kappa shape index (κ2) is 9.41. The number of nitrogens with zero attached hydrogens (tertiary/aromatic N) is 2. The number of anilines is 1. The molecule has 0 saturated carbocycles. The van der Waals surface area contributed by atoms with Crippen LogP contribution in [0.15, 0.2) is 59.5 Å². The van der Waals surface area contributed by atoms with Crippen LogP contribution in [0.2, 0.25) is 0 Å². The molecule has 0 radical (unpaired) electrons. The zero-order valence-electron chi connectivity index (χ0n) is 14.9. The van der Waals surface area contributed by atoms with Gasteiger partial charge < -0.3 is 15.1 Å². The van der Waals surface area contributed by atoms with Gasteiger partial charge in [0.25, 0.3) is 0 Å². The van der Waals surface area contributed by atoms with Crippen molar-refractivity contribution in [1.82, 2.24) is 10.2 Å². The molecule has 142 valence electrons. The summed E-state index contributed by atoms with van der Waals surface area (Å²) < 4.78 is 13.5. The number of halogens is 1. The van der Waals surface area contributed by atoms with Crippen LogP contribution in [-0.2, 0) is 9.59 Å². The van der Waals surface area contributed by atoms with Gasteiger partial charge in [-0.3, -0.25) is 9.59 Å². The van der Waals surface area contributed by atoms with Crippen molar-refractivity contribution in [2.45, 2.75) is 4.90 Å². The van der Waals surface area contributed by atoms with Gasteiger partial charge in [0.15, 0.2) is 0 Å². The number of nitrogens with one attached hydrogen (secondary N) is 1. The molecule has 1 aliphatic heterocycles. The Hall–Kier alpha value is -2.54. The normalized spacial score (nSPS) is 14.1. The highest BCUT2D eigenvalue weighted by Gasteiger charge is 2.21. The van der Waals surface area contributed by atoms with Crippen molar-refractivity contribution in [2.24, 2.45) is 0 Å². The quantitative estimate of drug-likeness (QED) is 0.774. The van der Waals surface area contributed by atoms with Crippen molar-refractivity contribution in [1.29, 1.82) is 0 Å². The van der Waals surface area contributed by atoms with E-state index in [1.807, 2.05) is 18.2 Å². The molecule has 1 aliphatic rings. The molecule has 1 heterocycles. The number of hydrogen-bond donors (Lipinski definition) is 1. The third kappa shape index (κ3) is 5.47. The lowest BCUT2D eigenvalue weighted by atomic mass is 10.2. The van der Waals surface area contributed by atoms with Gasteiger partial charge in [-0.1, -0.05) is 30.3 Å². The molecule has 27 heavy (non-hydrogen) atoms. The summed E-state index contributed by atoms with van der Waals surface area (Å²) in [6.07, 6.45) is 0. The number of hydrogen-bond acceptors (Lipinski definition) is 4. The molecular formula is C20H22FN3O2S. The maximum atomic E-state index is 13.5. The van der Waals surface area contributed by atoms with E-state index in [1.165, 1.54) is 6.07 Å². The fourth-order valence-electron chi connectivity index (χ4n) is 2.89. The van der Waals surface area contributed by atoms with E-state index in [2.05, 4.69) is 22.3 Å². The van der Waals surface area contributed by atoms with Crippen LogP contribution in [-0.4, -0.2) is 55.2 Å². The van der Waals surface area contributed by atoms with Gasteiger partial charge in [0.05, 0.1) is 12.3 Å². The molecule has 0 spiro atoms. The number of para-hydroxylation sites is 1. The van der Waals surface area contributed by atoms with Crippen LogP contribution in [0.1, 0.15) is 0 Å². The lowest BCUT2D eigenvalue weighted by molar-refractivity contribution is -0.132. The zero-order valence-corrected chi connectivity index (χ0v) is 15.8. The lowest BCUT2D eigenvalue weighted by Gasteiger charge is -2.36. The topological polar surface area (TPSA) is 52.7 Å². The average molecular weight is 387 g/mol. The van der Waals surface area contributed by atoms with Gasteiger partial charge in [-0.25, -0.2) is 4.39 Å². The number of piperazine rings is 1. The molecule has 5 nitrogen and oxygen atoms in total. The van der Waals surface area contributed by atoms with Crippen molar-refractivity contribution in [3.05, 3.63) is 60.4 Å². The molecule has 0 unspecified atom stereocenters. The van der Waals surface area contributed by atoms with Crippen LogP contribution in [0.25, 0.3) is 0 Å². The van der Waals surface area contributed by atoms with Crippen molar-refractivity contribution in [2.75, 3.05) is 43.4 Å². The van der Waals surface area contributed by atoms with Gasteiger partial charge in [-0.2, -0.15) is 0 Å². The summed E-state index contributed by atoms with van der Waals surface area (Å²) in [5, 5.41) is 2.63. The Labute approximate surface area is 162 Å². The molecule has 2 aromatic carbocycles.